The van der Waals surface area contributed by atoms with E-state index in [1.807, 2.05) is 0 Å². The van der Waals surface area contributed by atoms with Crippen LogP contribution >= 0.6 is 0 Å². The van der Waals surface area contributed by atoms with E-state index in [2.05, 4.69) is 44.9 Å². The lowest BCUT2D eigenvalue weighted by Crippen LogP contribution is -2.39. The number of hydrogen-bond acceptors (Lipinski definition) is 5. The Hall–Kier alpha value is -2.34. The molecule has 1 aromatic carbocycles. The summed E-state index contributed by atoms with van der Waals surface area (Å²) in [5.41, 5.74) is 9.32. The lowest BCUT2D eigenvalue weighted by Gasteiger charge is -2.41. The fourth-order valence-corrected chi connectivity index (χ4v) is 4.32. The number of anilines is 1. The van der Waals surface area contributed by atoms with E-state index in [0.29, 0.717) is 17.6 Å². The number of piperidine rings is 1. The SMILES string of the molecule is Cn1c2c(c3cccc(-c4noc(CN)n4)c31)C1CCN2CC1. The van der Waals surface area contributed by atoms with Crippen molar-refractivity contribution in [2.45, 2.75) is 25.3 Å². The topological polar surface area (TPSA) is 73.1 Å². The molecule has 6 heteroatoms. The minimum Gasteiger partial charge on any atom is -0.358 e. The number of benzene rings is 1. The third-order valence-corrected chi connectivity index (χ3v) is 5.31. The molecule has 3 aliphatic rings. The van der Waals surface area contributed by atoms with Crippen LogP contribution in [0.3, 0.4) is 0 Å². The average molecular weight is 309 g/mol. The van der Waals surface area contributed by atoms with Crippen molar-refractivity contribution >= 4 is 16.7 Å². The maximum Gasteiger partial charge on any atom is 0.240 e. The molecular weight excluding hydrogens is 290 g/mol. The molecule has 2 N–H and O–H groups in total. The highest BCUT2D eigenvalue weighted by Crippen LogP contribution is 2.48. The second kappa shape index (κ2) is 4.58. The second-order valence-corrected chi connectivity index (χ2v) is 6.48. The van der Waals surface area contributed by atoms with Gasteiger partial charge in [-0.15, -0.1) is 0 Å². The first-order valence-corrected chi connectivity index (χ1v) is 8.17. The Morgan fingerprint density at radius 1 is 1.30 bits per heavy atom. The highest BCUT2D eigenvalue weighted by molar-refractivity contribution is 6.00. The minimum absolute atomic E-state index is 0.266. The standard InChI is InChI=1S/C17H19N5O/c1-21-15-11(14-10-5-7-22(8-6-10)17(14)21)3-2-4-12(15)16-19-13(9-18)23-20-16/h2-4,10H,5-9,18H2,1H3. The Balaban J connectivity index is 1.81. The summed E-state index contributed by atoms with van der Waals surface area (Å²) >= 11 is 0. The van der Waals surface area contributed by atoms with Gasteiger partial charge in [-0.05, 0) is 24.8 Å². The van der Waals surface area contributed by atoms with Crippen molar-refractivity contribution in [3.63, 3.8) is 0 Å². The van der Waals surface area contributed by atoms with E-state index in [0.717, 1.165) is 18.7 Å². The zero-order valence-electron chi connectivity index (χ0n) is 13.1. The summed E-state index contributed by atoms with van der Waals surface area (Å²) in [6.45, 7) is 2.59. The van der Waals surface area contributed by atoms with Gasteiger partial charge in [0.1, 0.15) is 5.82 Å². The van der Waals surface area contributed by atoms with Crippen molar-refractivity contribution in [2.75, 3.05) is 18.0 Å². The Morgan fingerprint density at radius 3 is 2.87 bits per heavy atom. The van der Waals surface area contributed by atoms with Crippen LogP contribution in [0.2, 0.25) is 0 Å². The highest BCUT2D eigenvalue weighted by atomic mass is 16.5. The van der Waals surface area contributed by atoms with Crippen molar-refractivity contribution in [3.8, 4) is 11.4 Å². The van der Waals surface area contributed by atoms with E-state index in [9.17, 15) is 0 Å². The summed E-state index contributed by atoms with van der Waals surface area (Å²) in [5, 5.41) is 5.44. The normalized spacial score (nSPS) is 17.2. The van der Waals surface area contributed by atoms with Crippen molar-refractivity contribution in [3.05, 3.63) is 29.7 Å². The summed E-state index contributed by atoms with van der Waals surface area (Å²) < 4.78 is 7.52. The molecule has 23 heavy (non-hydrogen) atoms. The van der Waals surface area contributed by atoms with Gasteiger partial charge in [0.05, 0.1) is 12.1 Å². The van der Waals surface area contributed by atoms with Crippen LogP contribution in [0, 0.1) is 0 Å². The number of hydrogen-bond donors (Lipinski definition) is 1. The van der Waals surface area contributed by atoms with E-state index in [4.69, 9.17) is 10.3 Å². The Labute approximate surface area is 133 Å². The van der Waals surface area contributed by atoms with Crippen molar-refractivity contribution < 1.29 is 4.52 Å². The number of aryl methyl sites for hydroxylation is 1. The van der Waals surface area contributed by atoms with Gasteiger partial charge >= 0.3 is 0 Å². The van der Waals surface area contributed by atoms with Gasteiger partial charge < -0.3 is 19.7 Å². The van der Waals surface area contributed by atoms with Crippen LogP contribution in [-0.2, 0) is 13.6 Å². The summed E-state index contributed by atoms with van der Waals surface area (Å²) in [7, 11) is 2.15. The number of aromatic nitrogens is 3. The molecule has 118 valence electrons. The quantitative estimate of drug-likeness (QED) is 0.787. The molecule has 0 unspecified atom stereocenters. The lowest BCUT2D eigenvalue weighted by atomic mass is 9.84. The van der Waals surface area contributed by atoms with Gasteiger partial charge in [-0.2, -0.15) is 4.98 Å². The molecule has 1 saturated heterocycles. The summed E-state index contributed by atoms with van der Waals surface area (Å²) in [6.07, 6.45) is 2.52. The molecule has 0 aliphatic carbocycles. The van der Waals surface area contributed by atoms with Crippen molar-refractivity contribution in [1.29, 1.82) is 0 Å². The van der Waals surface area contributed by atoms with Gasteiger partial charge in [-0.25, -0.2) is 0 Å². The van der Waals surface area contributed by atoms with Crippen LogP contribution in [0.5, 0.6) is 0 Å². The average Bonchev–Trinajstić information content (AvgIpc) is 3.21. The van der Waals surface area contributed by atoms with Crippen LogP contribution < -0.4 is 10.6 Å². The first-order chi connectivity index (χ1) is 11.3. The predicted molar refractivity (Wildman–Crippen MR) is 88.3 cm³/mol. The number of nitrogens with zero attached hydrogens (tertiary/aromatic N) is 4. The number of fused-ring (bicyclic) bond motifs is 3. The first kappa shape index (κ1) is 13.1. The molecule has 2 bridgehead atoms. The van der Waals surface area contributed by atoms with Crippen molar-refractivity contribution in [1.82, 2.24) is 14.7 Å². The molecule has 0 amide bonds. The predicted octanol–water partition coefficient (Wildman–Crippen LogP) is 2.38. The van der Waals surface area contributed by atoms with Crippen LogP contribution in [-0.4, -0.2) is 27.8 Å². The fourth-order valence-electron chi connectivity index (χ4n) is 4.32. The monoisotopic (exact) mass is 309 g/mol. The Bertz CT molecular complexity index is 901. The number of para-hydroxylation sites is 1. The molecule has 1 fully saturated rings. The van der Waals surface area contributed by atoms with Crippen molar-refractivity contribution in [2.24, 2.45) is 12.8 Å². The third-order valence-electron chi connectivity index (χ3n) is 5.31. The smallest absolute Gasteiger partial charge is 0.240 e. The van der Waals surface area contributed by atoms with E-state index >= 15 is 0 Å². The maximum atomic E-state index is 5.60. The van der Waals surface area contributed by atoms with Gasteiger partial charge in [0.15, 0.2) is 0 Å². The largest absolute Gasteiger partial charge is 0.358 e. The number of rotatable bonds is 2. The van der Waals surface area contributed by atoms with Crippen LogP contribution in [0.15, 0.2) is 22.7 Å². The molecule has 6 rings (SSSR count). The molecule has 2 aromatic heterocycles. The molecule has 3 aromatic rings. The second-order valence-electron chi connectivity index (χ2n) is 6.48. The zero-order valence-corrected chi connectivity index (χ0v) is 13.1. The van der Waals surface area contributed by atoms with E-state index in [-0.39, 0.29) is 6.54 Å². The molecule has 5 heterocycles. The molecule has 0 atom stereocenters. The number of nitrogens with two attached hydrogens (primary N) is 1. The Morgan fingerprint density at radius 2 is 2.13 bits per heavy atom. The molecule has 6 nitrogen and oxygen atoms in total. The summed E-state index contributed by atoms with van der Waals surface area (Å²) in [6, 6.07) is 6.38. The summed E-state index contributed by atoms with van der Waals surface area (Å²) in [5.74, 6) is 3.15. The third kappa shape index (κ3) is 1.67. The van der Waals surface area contributed by atoms with Gasteiger partial charge in [-0.1, -0.05) is 17.3 Å². The van der Waals surface area contributed by atoms with Crippen LogP contribution in [0.1, 0.15) is 30.2 Å². The highest BCUT2D eigenvalue weighted by Gasteiger charge is 2.36. The minimum atomic E-state index is 0.266. The van der Waals surface area contributed by atoms with E-state index in [1.165, 1.54) is 35.1 Å². The molecule has 3 aliphatic heterocycles. The molecular formula is C17H19N5O. The van der Waals surface area contributed by atoms with Crippen LogP contribution in [0.25, 0.3) is 22.3 Å². The van der Waals surface area contributed by atoms with Crippen LogP contribution in [0.4, 0.5) is 5.82 Å². The van der Waals surface area contributed by atoms with Gasteiger partial charge in [0.2, 0.25) is 11.7 Å². The van der Waals surface area contributed by atoms with Gasteiger partial charge in [-0.3, -0.25) is 0 Å². The van der Waals surface area contributed by atoms with Gasteiger partial charge in [0, 0.05) is 36.7 Å². The van der Waals surface area contributed by atoms with E-state index < -0.39 is 0 Å². The maximum absolute atomic E-state index is 5.60. The lowest BCUT2D eigenvalue weighted by molar-refractivity contribution is 0.380. The summed E-state index contributed by atoms with van der Waals surface area (Å²) in [4.78, 5) is 6.93. The Kier molecular flexibility index (Phi) is 2.61. The van der Waals surface area contributed by atoms with E-state index in [1.54, 1.807) is 0 Å². The first-order valence-electron chi connectivity index (χ1n) is 8.17. The molecule has 0 spiro atoms. The molecule has 0 radical (unpaired) electrons. The fraction of sp³-hybridized carbons (Fsp3) is 0.412. The van der Waals surface area contributed by atoms with Gasteiger partial charge in [0.25, 0.3) is 0 Å². The zero-order chi connectivity index (χ0) is 15.6. The molecule has 0 saturated carbocycles.